The summed E-state index contributed by atoms with van der Waals surface area (Å²) in [5.41, 5.74) is 2.23. The Hall–Kier alpha value is -2.61. The summed E-state index contributed by atoms with van der Waals surface area (Å²) in [7, 11) is 0. The number of nitriles is 1. The molecular weight excluding hydrogens is 328 g/mol. The van der Waals surface area contributed by atoms with E-state index in [0.717, 1.165) is 10.4 Å². The van der Waals surface area contributed by atoms with Crippen molar-refractivity contribution in [2.75, 3.05) is 5.32 Å². The predicted octanol–water partition coefficient (Wildman–Crippen LogP) is 5.19. The van der Waals surface area contributed by atoms with E-state index in [1.54, 1.807) is 36.4 Å². The predicted molar refractivity (Wildman–Crippen MR) is 93.9 cm³/mol. The smallest absolute Gasteiger partial charge is 0.265 e. The van der Waals surface area contributed by atoms with E-state index in [1.165, 1.54) is 11.3 Å². The summed E-state index contributed by atoms with van der Waals surface area (Å²) in [6, 6.07) is 20.1. The third-order valence-corrected chi connectivity index (χ3v) is 4.59. The lowest BCUT2D eigenvalue weighted by Crippen LogP contribution is -2.09. The van der Waals surface area contributed by atoms with Gasteiger partial charge in [-0.05, 0) is 54.1 Å². The van der Waals surface area contributed by atoms with E-state index in [2.05, 4.69) is 11.4 Å². The molecule has 0 fully saturated rings. The summed E-state index contributed by atoms with van der Waals surface area (Å²) in [5, 5.41) is 12.4. The first-order valence-corrected chi connectivity index (χ1v) is 8.02. The van der Waals surface area contributed by atoms with E-state index in [9.17, 15) is 4.79 Å². The molecule has 0 radical (unpaired) electrons. The van der Waals surface area contributed by atoms with E-state index in [0.29, 0.717) is 21.2 Å². The van der Waals surface area contributed by atoms with E-state index in [1.807, 2.05) is 24.3 Å². The van der Waals surface area contributed by atoms with Gasteiger partial charge in [0.25, 0.3) is 5.91 Å². The lowest BCUT2D eigenvalue weighted by atomic mass is 10.1. The van der Waals surface area contributed by atoms with E-state index >= 15 is 0 Å². The highest BCUT2D eigenvalue weighted by Crippen LogP contribution is 2.29. The number of rotatable bonds is 3. The van der Waals surface area contributed by atoms with Gasteiger partial charge in [-0.2, -0.15) is 5.26 Å². The van der Waals surface area contributed by atoms with Gasteiger partial charge in [0.2, 0.25) is 0 Å². The van der Waals surface area contributed by atoms with Crippen LogP contribution in [0.2, 0.25) is 5.02 Å². The standard InChI is InChI=1S/C18H11ClN2OS/c19-14-4-6-15(7-5-14)21-18(22)17-9-8-16(23-17)13-3-1-2-12(10-13)11-20/h1-10H,(H,21,22). The van der Waals surface area contributed by atoms with Crippen molar-refractivity contribution in [1.29, 1.82) is 5.26 Å². The van der Waals surface area contributed by atoms with Gasteiger partial charge in [0.15, 0.2) is 0 Å². The number of carbonyl (C=O) groups is 1. The molecule has 0 saturated heterocycles. The fourth-order valence-electron chi connectivity index (χ4n) is 2.08. The highest BCUT2D eigenvalue weighted by molar-refractivity contribution is 7.17. The summed E-state index contributed by atoms with van der Waals surface area (Å²) in [5.74, 6) is -0.167. The van der Waals surface area contributed by atoms with E-state index in [4.69, 9.17) is 16.9 Å². The minimum Gasteiger partial charge on any atom is -0.321 e. The van der Waals surface area contributed by atoms with Crippen LogP contribution < -0.4 is 5.32 Å². The molecule has 0 atom stereocenters. The molecule has 0 spiro atoms. The number of carbonyl (C=O) groups excluding carboxylic acids is 1. The maximum atomic E-state index is 12.3. The number of nitrogens with zero attached hydrogens (tertiary/aromatic N) is 1. The van der Waals surface area contributed by atoms with Gasteiger partial charge < -0.3 is 5.32 Å². The molecule has 3 rings (SSSR count). The average molecular weight is 339 g/mol. The maximum absolute atomic E-state index is 12.3. The quantitative estimate of drug-likeness (QED) is 0.714. The first kappa shape index (κ1) is 15.3. The number of hydrogen-bond acceptors (Lipinski definition) is 3. The Morgan fingerprint density at radius 2 is 1.87 bits per heavy atom. The van der Waals surface area contributed by atoms with Crippen molar-refractivity contribution in [3.63, 3.8) is 0 Å². The van der Waals surface area contributed by atoms with Gasteiger partial charge in [-0.15, -0.1) is 11.3 Å². The van der Waals surface area contributed by atoms with Gasteiger partial charge >= 0.3 is 0 Å². The molecule has 112 valence electrons. The maximum Gasteiger partial charge on any atom is 0.265 e. The first-order valence-electron chi connectivity index (χ1n) is 6.83. The second-order valence-corrected chi connectivity index (χ2v) is 6.34. The summed E-state index contributed by atoms with van der Waals surface area (Å²) in [6.07, 6.45) is 0. The Bertz CT molecular complexity index is 894. The molecule has 1 N–H and O–H groups in total. The summed E-state index contributed by atoms with van der Waals surface area (Å²) in [4.78, 5) is 13.8. The van der Waals surface area contributed by atoms with Crippen molar-refractivity contribution < 1.29 is 4.79 Å². The lowest BCUT2D eigenvalue weighted by Gasteiger charge is -2.03. The fourth-order valence-corrected chi connectivity index (χ4v) is 3.11. The van der Waals surface area contributed by atoms with Crippen molar-refractivity contribution in [1.82, 2.24) is 0 Å². The third kappa shape index (κ3) is 3.59. The molecular formula is C18H11ClN2OS. The number of nitrogens with one attached hydrogen (secondary N) is 1. The van der Waals surface area contributed by atoms with Crippen LogP contribution in [0.5, 0.6) is 0 Å². The lowest BCUT2D eigenvalue weighted by molar-refractivity contribution is 0.103. The largest absolute Gasteiger partial charge is 0.321 e. The number of anilines is 1. The Balaban J connectivity index is 1.79. The highest BCUT2D eigenvalue weighted by atomic mass is 35.5. The molecule has 0 aliphatic heterocycles. The van der Waals surface area contributed by atoms with Crippen molar-refractivity contribution in [2.24, 2.45) is 0 Å². The zero-order chi connectivity index (χ0) is 16.2. The van der Waals surface area contributed by atoms with Crippen molar-refractivity contribution in [3.8, 4) is 16.5 Å². The second kappa shape index (κ2) is 6.66. The monoisotopic (exact) mass is 338 g/mol. The van der Waals surface area contributed by atoms with Gasteiger partial charge in [-0.1, -0.05) is 23.7 Å². The molecule has 3 nitrogen and oxygen atoms in total. The summed E-state index contributed by atoms with van der Waals surface area (Å²) < 4.78 is 0. The van der Waals surface area contributed by atoms with Gasteiger partial charge in [-0.3, -0.25) is 4.79 Å². The minimum atomic E-state index is -0.167. The molecule has 1 amide bonds. The molecule has 0 unspecified atom stereocenters. The Labute approximate surface area is 142 Å². The molecule has 0 saturated carbocycles. The average Bonchev–Trinajstić information content (AvgIpc) is 3.07. The number of hydrogen-bond donors (Lipinski definition) is 1. The molecule has 3 aromatic rings. The molecule has 2 aromatic carbocycles. The molecule has 0 aliphatic rings. The normalized spacial score (nSPS) is 10.1. The number of halogens is 1. The number of amides is 1. The van der Waals surface area contributed by atoms with Crippen LogP contribution in [-0.2, 0) is 0 Å². The highest BCUT2D eigenvalue weighted by Gasteiger charge is 2.11. The van der Waals surface area contributed by atoms with Crippen LogP contribution in [0.3, 0.4) is 0 Å². The second-order valence-electron chi connectivity index (χ2n) is 4.82. The molecule has 0 aliphatic carbocycles. The fraction of sp³-hybridized carbons (Fsp3) is 0. The van der Waals surface area contributed by atoms with Crippen LogP contribution >= 0.6 is 22.9 Å². The van der Waals surface area contributed by atoms with Crippen molar-refractivity contribution >= 4 is 34.5 Å². The number of benzene rings is 2. The van der Waals surface area contributed by atoms with Crippen molar-refractivity contribution in [2.45, 2.75) is 0 Å². The van der Waals surface area contributed by atoms with Crippen LogP contribution in [0, 0.1) is 11.3 Å². The topological polar surface area (TPSA) is 52.9 Å². The Morgan fingerprint density at radius 1 is 1.09 bits per heavy atom. The van der Waals surface area contributed by atoms with E-state index in [-0.39, 0.29) is 5.91 Å². The first-order chi connectivity index (χ1) is 11.2. The summed E-state index contributed by atoms with van der Waals surface area (Å²) in [6.45, 7) is 0. The van der Waals surface area contributed by atoms with Crippen LogP contribution in [0.15, 0.2) is 60.7 Å². The molecule has 23 heavy (non-hydrogen) atoms. The van der Waals surface area contributed by atoms with Gasteiger partial charge in [0, 0.05) is 15.6 Å². The van der Waals surface area contributed by atoms with Crippen LogP contribution in [0.1, 0.15) is 15.2 Å². The van der Waals surface area contributed by atoms with Crippen LogP contribution in [-0.4, -0.2) is 5.91 Å². The van der Waals surface area contributed by atoms with E-state index < -0.39 is 0 Å². The molecule has 1 aromatic heterocycles. The zero-order valence-corrected chi connectivity index (χ0v) is 13.5. The Kier molecular flexibility index (Phi) is 4.42. The van der Waals surface area contributed by atoms with Gasteiger partial charge in [-0.25, -0.2) is 0 Å². The number of thiophene rings is 1. The SMILES string of the molecule is N#Cc1cccc(-c2ccc(C(=O)Nc3ccc(Cl)cc3)s2)c1. The molecule has 5 heteroatoms. The van der Waals surface area contributed by atoms with Gasteiger partial charge in [0.1, 0.15) is 0 Å². The molecule has 1 heterocycles. The zero-order valence-electron chi connectivity index (χ0n) is 11.9. The summed E-state index contributed by atoms with van der Waals surface area (Å²) >= 11 is 7.22. The Morgan fingerprint density at radius 3 is 2.61 bits per heavy atom. The van der Waals surface area contributed by atoms with Crippen molar-refractivity contribution in [3.05, 3.63) is 76.1 Å². The minimum absolute atomic E-state index is 0.167. The molecule has 0 bridgehead atoms. The van der Waals surface area contributed by atoms with Crippen LogP contribution in [0.25, 0.3) is 10.4 Å². The third-order valence-electron chi connectivity index (χ3n) is 3.21. The van der Waals surface area contributed by atoms with Crippen LogP contribution in [0.4, 0.5) is 5.69 Å². The van der Waals surface area contributed by atoms with Gasteiger partial charge in [0.05, 0.1) is 16.5 Å².